The van der Waals surface area contributed by atoms with Crippen molar-refractivity contribution in [1.82, 2.24) is 0 Å². The topological polar surface area (TPSA) is 43.1 Å². The maximum absolute atomic E-state index is 10.4. The van der Waals surface area contributed by atoms with E-state index in [1.54, 1.807) is 0 Å². The first kappa shape index (κ1) is 18.6. The van der Waals surface area contributed by atoms with Crippen molar-refractivity contribution >= 4 is 6.29 Å². The van der Waals surface area contributed by atoms with E-state index in [0.717, 1.165) is 12.7 Å². The van der Waals surface area contributed by atoms with E-state index in [1.807, 2.05) is 0 Å². The predicted molar refractivity (Wildman–Crippen MR) is 84.3 cm³/mol. The van der Waals surface area contributed by atoms with Crippen LogP contribution in [0, 0.1) is 5.92 Å². The molecular weight excluding hydrogens is 234 g/mol. The molecule has 0 radical (unpaired) electrons. The molecule has 0 aromatic carbocycles. The molecule has 0 bridgehead atoms. The Morgan fingerprint density at radius 1 is 0.842 bits per heavy atom. The van der Waals surface area contributed by atoms with Crippen molar-refractivity contribution in [1.29, 1.82) is 0 Å². The van der Waals surface area contributed by atoms with Crippen LogP contribution in [0.4, 0.5) is 0 Å². The lowest BCUT2D eigenvalue weighted by Gasteiger charge is -2.10. The van der Waals surface area contributed by atoms with Gasteiger partial charge >= 0.3 is 0 Å². The van der Waals surface area contributed by atoms with Gasteiger partial charge in [-0.2, -0.15) is 0 Å². The Hall–Kier alpha value is -0.370. The highest BCUT2D eigenvalue weighted by atomic mass is 16.1. The van der Waals surface area contributed by atoms with Crippen LogP contribution in [0.1, 0.15) is 90.4 Å². The van der Waals surface area contributed by atoms with Crippen molar-refractivity contribution in [3.8, 4) is 0 Å². The summed E-state index contributed by atoms with van der Waals surface area (Å²) in [6.07, 6.45) is 17.9. The van der Waals surface area contributed by atoms with Gasteiger partial charge in [0, 0.05) is 6.42 Å². The van der Waals surface area contributed by atoms with Gasteiger partial charge in [-0.15, -0.1) is 0 Å². The Morgan fingerprint density at radius 3 is 1.74 bits per heavy atom. The first-order valence-corrected chi connectivity index (χ1v) is 8.48. The highest BCUT2D eigenvalue weighted by Crippen LogP contribution is 2.14. The fourth-order valence-electron chi connectivity index (χ4n) is 2.57. The Labute approximate surface area is 120 Å². The summed E-state index contributed by atoms with van der Waals surface area (Å²) >= 11 is 0. The largest absolute Gasteiger partial charge is 0.330 e. The van der Waals surface area contributed by atoms with Crippen LogP contribution in [-0.4, -0.2) is 12.8 Å². The molecular formula is C17H35NO. The van der Waals surface area contributed by atoms with E-state index in [9.17, 15) is 4.79 Å². The molecule has 0 rings (SSSR count). The number of carbonyl (C=O) groups is 1. The van der Waals surface area contributed by atoms with Gasteiger partial charge in [-0.05, 0) is 18.9 Å². The molecule has 0 saturated heterocycles. The highest BCUT2D eigenvalue weighted by Gasteiger charge is 2.04. The lowest BCUT2D eigenvalue weighted by Crippen LogP contribution is -2.14. The second-order valence-electron chi connectivity index (χ2n) is 5.83. The molecule has 2 heteroatoms. The molecule has 0 aliphatic heterocycles. The fraction of sp³-hybridized carbons (Fsp3) is 0.941. The molecule has 0 spiro atoms. The molecule has 0 heterocycles. The van der Waals surface area contributed by atoms with Gasteiger partial charge in [0.25, 0.3) is 0 Å². The zero-order valence-corrected chi connectivity index (χ0v) is 13.0. The van der Waals surface area contributed by atoms with Crippen molar-refractivity contribution in [2.45, 2.75) is 90.4 Å². The first-order chi connectivity index (χ1) is 9.35. The fourth-order valence-corrected chi connectivity index (χ4v) is 2.57. The molecule has 19 heavy (non-hydrogen) atoms. The van der Waals surface area contributed by atoms with E-state index in [4.69, 9.17) is 5.73 Å². The van der Waals surface area contributed by atoms with Crippen LogP contribution in [-0.2, 0) is 4.79 Å². The van der Waals surface area contributed by atoms with Crippen molar-refractivity contribution in [2.75, 3.05) is 6.54 Å². The third-order valence-electron chi connectivity index (χ3n) is 3.98. The molecule has 0 aliphatic rings. The van der Waals surface area contributed by atoms with Gasteiger partial charge in [-0.3, -0.25) is 0 Å². The quantitative estimate of drug-likeness (QED) is 0.341. The lowest BCUT2D eigenvalue weighted by molar-refractivity contribution is -0.108. The van der Waals surface area contributed by atoms with Crippen molar-refractivity contribution < 1.29 is 4.79 Å². The zero-order chi connectivity index (χ0) is 14.2. The van der Waals surface area contributed by atoms with Gasteiger partial charge in [0.05, 0.1) is 0 Å². The predicted octanol–water partition coefficient (Wildman–Crippen LogP) is 4.85. The molecule has 2 N–H and O–H groups in total. The minimum absolute atomic E-state index is 0.427. The maximum atomic E-state index is 10.4. The molecule has 0 fully saturated rings. The number of aldehydes is 1. The molecule has 114 valence electrons. The van der Waals surface area contributed by atoms with Gasteiger partial charge in [-0.25, -0.2) is 0 Å². The van der Waals surface area contributed by atoms with E-state index < -0.39 is 0 Å². The number of unbranched alkanes of at least 4 members (excludes halogenated alkanes) is 10. The van der Waals surface area contributed by atoms with Crippen LogP contribution in [0.3, 0.4) is 0 Å². The van der Waals surface area contributed by atoms with Crippen LogP contribution in [0.5, 0.6) is 0 Å². The summed E-state index contributed by atoms with van der Waals surface area (Å²) in [5.74, 6) is 0.427. The van der Waals surface area contributed by atoms with Crippen LogP contribution in [0.25, 0.3) is 0 Å². The second kappa shape index (κ2) is 15.7. The molecule has 0 aliphatic carbocycles. The normalized spacial score (nSPS) is 12.5. The first-order valence-electron chi connectivity index (χ1n) is 8.48. The molecule has 2 nitrogen and oxygen atoms in total. The zero-order valence-electron chi connectivity index (χ0n) is 13.0. The molecule has 0 aromatic rings. The number of hydrogen-bond donors (Lipinski definition) is 1. The molecule has 1 unspecified atom stereocenters. The summed E-state index contributed by atoms with van der Waals surface area (Å²) in [6, 6.07) is 0. The van der Waals surface area contributed by atoms with Gasteiger partial charge < -0.3 is 10.5 Å². The average molecular weight is 269 g/mol. The van der Waals surface area contributed by atoms with Crippen LogP contribution in [0.2, 0.25) is 0 Å². The van der Waals surface area contributed by atoms with E-state index in [-0.39, 0.29) is 0 Å². The average Bonchev–Trinajstić information content (AvgIpc) is 2.43. The number of nitrogens with two attached hydrogens (primary N) is 1. The molecule has 0 aromatic heterocycles. The van der Waals surface area contributed by atoms with Crippen molar-refractivity contribution in [2.24, 2.45) is 11.7 Å². The highest BCUT2D eigenvalue weighted by molar-refractivity contribution is 5.49. The SMILES string of the molecule is CCCCCCCCCCCCCC(CN)CC=O. The van der Waals surface area contributed by atoms with E-state index in [2.05, 4.69) is 6.92 Å². The van der Waals surface area contributed by atoms with E-state index >= 15 is 0 Å². The Balaban J connectivity index is 3.11. The minimum atomic E-state index is 0.427. The second-order valence-corrected chi connectivity index (χ2v) is 5.83. The van der Waals surface area contributed by atoms with Gasteiger partial charge in [-0.1, -0.05) is 77.6 Å². The van der Waals surface area contributed by atoms with E-state index in [0.29, 0.717) is 18.9 Å². The number of carbonyl (C=O) groups excluding carboxylic acids is 1. The number of hydrogen-bond acceptors (Lipinski definition) is 2. The van der Waals surface area contributed by atoms with Crippen LogP contribution in [0.15, 0.2) is 0 Å². The molecule has 0 amide bonds. The van der Waals surface area contributed by atoms with Gasteiger partial charge in [0.15, 0.2) is 0 Å². The van der Waals surface area contributed by atoms with Gasteiger partial charge in [0.2, 0.25) is 0 Å². The van der Waals surface area contributed by atoms with Crippen LogP contribution >= 0.6 is 0 Å². The summed E-state index contributed by atoms with van der Waals surface area (Å²) in [5, 5.41) is 0. The summed E-state index contributed by atoms with van der Waals surface area (Å²) in [5.41, 5.74) is 5.63. The lowest BCUT2D eigenvalue weighted by atomic mass is 9.97. The monoisotopic (exact) mass is 269 g/mol. The molecule has 1 atom stereocenters. The van der Waals surface area contributed by atoms with Crippen molar-refractivity contribution in [3.05, 3.63) is 0 Å². The summed E-state index contributed by atoms with van der Waals surface area (Å²) < 4.78 is 0. The smallest absolute Gasteiger partial charge is 0.120 e. The maximum Gasteiger partial charge on any atom is 0.120 e. The summed E-state index contributed by atoms with van der Waals surface area (Å²) in [7, 11) is 0. The Morgan fingerprint density at radius 2 is 1.32 bits per heavy atom. The van der Waals surface area contributed by atoms with E-state index in [1.165, 1.54) is 70.6 Å². The Bertz CT molecular complexity index is 182. The minimum Gasteiger partial charge on any atom is -0.330 e. The standard InChI is InChI=1S/C17H35NO/c1-2-3-4-5-6-7-8-9-10-11-12-13-17(16-18)14-15-19/h15,17H,2-14,16,18H2,1H3. The summed E-state index contributed by atoms with van der Waals surface area (Å²) in [6.45, 7) is 2.93. The molecule has 0 saturated carbocycles. The summed E-state index contributed by atoms with van der Waals surface area (Å²) in [4.78, 5) is 10.4. The third-order valence-corrected chi connectivity index (χ3v) is 3.98. The van der Waals surface area contributed by atoms with Gasteiger partial charge in [0.1, 0.15) is 6.29 Å². The number of rotatable bonds is 15. The van der Waals surface area contributed by atoms with Crippen molar-refractivity contribution in [3.63, 3.8) is 0 Å². The third kappa shape index (κ3) is 13.9. The van der Waals surface area contributed by atoms with Crippen LogP contribution < -0.4 is 5.73 Å². The Kier molecular flexibility index (Phi) is 15.4.